The molecule has 132 valence electrons. The Labute approximate surface area is 150 Å². The predicted molar refractivity (Wildman–Crippen MR) is 94.4 cm³/mol. The molecule has 0 radical (unpaired) electrons. The summed E-state index contributed by atoms with van der Waals surface area (Å²) in [5.41, 5.74) is 0. The van der Waals surface area contributed by atoms with Gasteiger partial charge in [0.25, 0.3) is 0 Å². The Balaban J connectivity index is 0.00000132. The third-order valence-corrected chi connectivity index (χ3v) is 4.50. The molecule has 0 aromatic carbocycles. The van der Waals surface area contributed by atoms with Gasteiger partial charge in [-0.1, -0.05) is 6.42 Å². The van der Waals surface area contributed by atoms with Crippen LogP contribution < -0.4 is 10.6 Å². The molecule has 1 saturated heterocycles. The molecule has 0 spiro atoms. The second kappa shape index (κ2) is 10.1. The zero-order valence-electron chi connectivity index (χ0n) is 13.4. The first kappa shape index (κ1) is 20.2. The van der Waals surface area contributed by atoms with Crippen molar-refractivity contribution in [3.63, 3.8) is 0 Å². The van der Waals surface area contributed by atoms with Gasteiger partial charge in [0.15, 0.2) is 0 Å². The summed E-state index contributed by atoms with van der Waals surface area (Å²) in [6.07, 6.45) is 7.59. The molecule has 1 unspecified atom stereocenters. The highest BCUT2D eigenvalue weighted by atomic mass is 35.5. The molecule has 0 bridgehead atoms. The van der Waals surface area contributed by atoms with Gasteiger partial charge in [-0.25, -0.2) is 0 Å². The van der Waals surface area contributed by atoms with Gasteiger partial charge in [-0.2, -0.15) is 0 Å². The van der Waals surface area contributed by atoms with Crippen LogP contribution in [-0.4, -0.2) is 40.3 Å². The average Bonchev–Trinajstić information content (AvgIpc) is 2.76. The van der Waals surface area contributed by atoms with Crippen molar-refractivity contribution in [1.82, 2.24) is 25.4 Å². The smallest absolute Gasteiger partial charge is 0.224 e. The number of nitrogens with one attached hydrogen (secondary N) is 2. The topological polar surface area (TPSA) is 71.8 Å². The van der Waals surface area contributed by atoms with E-state index in [1.54, 1.807) is 0 Å². The summed E-state index contributed by atoms with van der Waals surface area (Å²) < 4.78 is 2.25. The number of hydrogen-bond acceptors (Lipinski definition) is 4. The lowest BCUT2D eigenvalue weighted by molar-refractivity contribution is -0.125. The molecular weight excluding hydrogens is 337 g/mol. The number of carbonyl (C=O) groups excluding carboxylic acids is 1. The predicted octanol–water partition coefficient (Wildman–Crippen LogP) is 1.51. The minimum atomic E-state index is 0. The molecule has 8 heteroatoms. The molecule has 2 N–H and O–H groups in total. The van der Waals surface area contributed by atoms with E-state index in [1.165, 1.54) is 19.3 Å². The fourth-order valence-corrected chi connectivity index (χ4v) is 3.25. The standard InChI is InChI=1S/C15H25N5O.2ClH/c21-15(12-5-4-8-16-11-12)17-9-7-14-19-18-13-6-2-1-3-10-20(13)14;;/h12,16H,1-11H2,(H,17,21);2*1H. The van der Waals surface area contributed by atoms with Gasteiger partial charge in [-0.05, 0) is 32.2 Å². The highest BCUT2D eigenvalue weighted by Gasteiger charge is 2.20. The van der Waals surface area contributed by atoms with E-state index < -0.39 is 0 Å². The molecule has 3 heterocycles. The van der Waals surface area contributed by atoms with E-state index in [0.717, 1.165) is 57.0 Å². The zero-order chi connectivity index (χ0) is 14.5. The van der Waals surface area contributed by atoms with Gasteiger partial charge in [-0.15, -0.1) is 35.0 Å². The van der Waals surface area contributed by atoms with Crippen LogP contribution in [0.5, 0.6) is 0 Å². The minimum absolute atomic E-state index is 0. The third-order valence-electron chi connectivity index (χ3n) is 4.50. The maximum absolute atomic E-state index is 12.1. The average molecular weight is 364 g/mol. The Morgan fingerprint density at radius 1 is 1.22 bits per heavy atom. The normalized spacial score (nSPS) is 20.4. The number of aromatic nitrogens is 3. The van der Waals surface area contributed by atoms with Crippen LogP contribution in [0, 0.1) is 5.92 Å². The lowest BCUT2D eigenvalue weighted by Gasteiger charge is -2.21. The number of amides is 1. The van der Waals surface area contributed by atoms with Gasteiger partial charge in [-0.3, -0.25) is 4.79 Å². The van der Waals surface area contributed by atoms with E-state index >= 15 is 0 Å². The van der Waals surface area contributed by atoms with Crippen molar-refractivity contribution in [3.8, 4) is 0 Å². The van der Waals surface area contributed by atoms with Crippen LogP contribution in [0.25, 0.3) is 0 Å². The number of nitrogens with zero attached hydrogens (tertiary/aromatic N) is 3. The monoisotopic (exact) mass is 363 g/mol. The first-order chi connectivity index (χ1) is 10.3. The van der Waals surface area contributed by atoms with Crippen molar-refractivity contribution in [2.45, 2.75) is 51.5 Å². The van der Waals surface area contributed by atoms with Crippen LogP contribution in [0.3, 0.4) is 0 Å². The Morgan fingerprint density at radius 2 is 2.09 bits per heavy atom. The Hall–Kier alpha value is -0.850. The van der Waals surface area contributed by atoms with Crippen molar-refractivity contribution in [2.75, 3.05) is 19.6 Å². The van der Waals surface area contributed by atoms with Gasteiger partial charge in [0.2, 0.25) is 5.91 Å². The summed E-state index contributed by atoms with van der Waals surface area (Å²) >= 11 is 0. The summed E-state index contributed by atoms with van der Waals surface area (Å²) in [7, 11) is 0. The second-order valence-corrected chi connectivity index (χ2v) is 6.08. The molecule has 2 aliphatic rings. The van der Waals surface area contributed by atoms with Gasteiger partial charge in [0.05, 0.1) is 5.92 Å². The molecule has 1 amide bonds. The summed E-state index contributed by atoms with van der Waals surface area (Å²) in [5.74, 6) is 2.45. The molecule has 1 atom stereocenters. The number of hydrogen-bond donors (Lipinski definition) is 2. The van der Waals surface area contributed by atoms with Crippen molar-refractivity contribution in [2.24, 2.45) is 5.92 Å². The van der Waals surface area contributed by atoms with E-state index in [-0.39, 0.29) is 36.6 Å². The Bertz CT molecular complexity index is 488. The number of piperidine rings is 1. The van der Waals surface area contributed by atoms with E-state index in [9.17, 15) is 4.79 Å². The largest absolute Gasteiger partial charge is 0.355 e. The lowest BCUT2D eigenvalue weighted by atomic mass is 9.99. The third kappa shape index (κ3) is 5.33. The molecule has 1 fully saturated rings. The first-order valence-electron chi connectivity index (χ1n) is 8.24. The quantitative estimate of drug-likeness (QED) is 0.850. The van der Waals surface area contributed by atoms with Crippen LogP contribution in [-0.2, 0) is 24.2 Å². The van der Waals surface area contributed by atoms with E-state index in [0.29, 0.717) is 6.54 Å². The molecule has 0 saturated carbocycles. The minimum Gasteiger partial charge on any atom is -0.355 e. The molecular formula is C15H27Cl2N5O. The SMILES string of the molecule is Cl.Cl.O=C(NCCc1nnc2n1CCCCC2)C1CCCNC1. The van der Waals surface area contributed by atoms with Crippen molar-refractivity contribution in [3.05, 3.63) is 11.6 Å². The number of aryl methyl sites for hydroxylation is 1. The Kier molecular flexibility index (Phi) is 8.87. The molecule has 1 aromatic heterocycles. The number of fused-ring (bicyclic) bond motifs is 1. The zero-order valence-corrected chi connectivity index (χ0v) is 15.1. The number of rotatable bonds is 4. The van der Waals surface area contributed by atoms with Gasteiger partial charge < -0.3 is 15.2 Å². The molecule has 23 heavy (non-hydrogen) atoms. The molecule has 6 nitrogen and oxygen atoms in total. The maximum Gasteiger partial charge on any atom is 0.224 e. The van der Waals surface area contributed by atoms with Crippen molar-refractivity contribution in [1.29, 1.82) is 0 Å². The molecule has 2 aliphatic heterocycles. The van der Waals surface area contributed by atoms with Crippen LogP contribution in [0.15, 0.2) is 0 Å². The Morgan fingerprint density at radius 3 is 2.87 bits per heavy atom. The van der Waals surface area contributed by atoms with Crippen molar-refractivity contribution >= 4 is 30.7 Å². The lowest BCUT2D eigenvalue weighted by Crippen LogP contribution is -2.41. The summed E-state index contributed by atoms with van der Waals surface area (Å²) in [4.78, 5) is 12.1. The first-order valence-corrected chi connectivity index (χ1v) is 8.24. The van der Waals surface area contributed by atoms with Gasteiger partial charge >= 0.3 is 0 Å². The second-order valence-electron chi connectivity index (χ2n) is 6.08. The highest BCUT2D eigenvalue weighted by Crippen LogP contribution is 2.14. The van der Waals surface area contributed by atoms with Crippen LogP contribution in [0.4, 0.5) is 0 Å². The summed E-state index contributed by atoms with van der Waals surface area (Å²) in [6, 6.07) is 0. The maximum atomic E-state index is 12.1. The van der Waals surface area contributed by atoms with Crippen molar-refractivity contribution < 1.29 is 4.79 Å². The van der Waals surface area contributed by atoms with Crippen LogP contribution >= 0.6 is 24.8 Å². The van der Waals surface area contributed by atoms with E-state index in [4.69, 9.17) is 0 Å². The number of halogens is 2. The fourth-order valence-electron chi connectivity index (χ4n) is 3.25. The summed E-state index contributed by atoms with van der Waals surface area (Å²) in [6.45, 7) is 3.54. The number of carbonyl (C=O) groups is 1. The molecule has 3 rings (SSSR count). The molecule has 1 aromatic rings. The fraction of sp³-hybridized carbons (Fsp3) is 0.800. The van der Waals surface area contributed by atoms with E-state index in [2.05, 4.69) is 25.4 Å². The van der Waals surface area contributed by atoms with Gasteiger partial charge in [0.1, 0.15) is 11.6 Å². The van der Waals surface area contributed by atoms with Crippen LogP contribution in [0.1, 0.15) is 43.8 Å². The van der Waals surface area contributed by atoms with Gasteiger partial charge in [0, 0.05) is 32.5 Å². The highest BCUT2D eigenvalue weighted by molar-refractivity contribution is 5.85. The van der Waals surface area contributed by atoms with E-state index in [1.807, 2.05) is 0 Å². The summed E-state index contributed by atoms with van der Waals surface area (Å²) in [5, 5.41) is 14.9. The van der Waals surface area contributed by atoms with Crippen LogP contribution in [0.2, 0.25) is 0 Å². The molecule has 0 aliphatic carbocycles.